The van der Waals surface area contributed by atoms with E-state index in [2.05, 4.69) is 15.6 Å². The predicted octanol–water partition coefficient (Wildman–Crippen LogP) is 1.81. The van der Waals surface area contributed by atoms with Crippen LogP contribution < -0.4 is 15.4 Å². The molecule has 1 aliphatic rings. The molecule has 2 N–H and O–H groups in total. The van der Waals surface area contributed by atoms with E-state index in [0.29, 0.717) is 25.5 Å². The lowest BCUT2D eigenvalue weighted by Gasteiger charge is -2.16. The van der Waals surface area contributed by atoms with Gasteiger partial charge in [0.1, 0.15) is 5.75 Å². The first-order valence-electron chi connectivity index (χ1n) is 8.85. The standard InChI is InChI=1S/C18H29N3O3S/c1-4-19-18(21-16-9-12-25(22,23)13-16)20-10-6-11-24-17-14(2)7-5-8-15(17)3/h5,7-8,16H,4,6,9-13H2,1-3H3,(H2,19,20,21). The summed E-state index contributed by atoms with van der Waals surface area (Å²) < 4.78 is 29.0. The molecule has 1 heterocycles. The maximum atomic E-state index is 11.6. The number of aryl methyl sites for hydroxylation is 2. The summed E-state index contributed by atoms with van der Waals surface area (Å²) in [6, 6.07) is 6.07. The molecule has 1 atom stereocenters. The van der Waals surface area contributed by atoms with Crippen LogP contribution in [0.2, 0.25) is 0 Å². The van der Waals surface area contributed by atoms with E-state index < -0.39 is 9.84 Å². The van der Waals surface area contributed by atoms with E-state index >= 15 is 0 Å². The van der Waals surface area contributed by atoms with Gasteiger partial charge in [0.05, 0.1) is 18.1 Å². The van der Waals surface area contributed by atoms with Crippen LogP contribution in [-0.2, 0) is 9.84 Å². The SMILES string of the molecule is CCNC(=NCCCOc1c(C)cccc1C)NC1CCS(=O)(=O)C1. The number of hydrogen-bond donors (Lipinski definition) is 2. The highest BCUT2D eigenvalue weighted by Gasteiger charge is 2.28. The Morgan fingerprint density at radius 2 is 2.04 bits per heavy atom. The summed E-state index contributed by atoms with van der Waals surface area (Å²) in [6.45, 7) is 8.05. The molecular formula is C18H29N3O3S. The summed E-state index contributed by atoms with van der Waals surface area (Å²) in [6.07, 6.45) is 1.44. The molecule has 2 rings (SSSR count). The average molecular weight is 368 g/mol. The average Bonchev–Trinajstić information content (AvgIpc) is 2.88. The quantitative estimate of drug-likeness (QED) is 0.436. The molecule has 0 radical (unpaired) electrons. The van der Waals surface area contributed by atoms with Gasteiger partial charge in [-0.1, -0.05) is 18.2 Å². The van der Waals surface area contributed by atoms with Crippen molar-refractivity contribution in [1.82, 2.24) is 10.6 Å². The third-order valence-electron chi connectivity index (χ3n) is 4.15. The Bertz CT molecular complexity index is 681. The van der Waals surface area contributed by atoms with Gasteiger partial charge in [0, 0.05) is 25.6 Å². The van der Waals surface area contributed by atoms with Gasteiger partial charge in [0.2, 0.25) is 0 Å². The van der Waals surface area contributed by atoms with Crippen LogP contribution in [0.3, 0.4) is 0 Å². The molecule has 0 spiro atoms. The summed E-state index contributed by atoms with van der Waals surface area (Å²) in [5, 5.41) is 6.39. The fraction of sp³-hybridized carbons (Fsp3) is 0.611. The number of benzene rings is 1. The Morgan fingerprint density at radius 3 is 2.64 bits per heavy atom. The summed E-state index contributed by atoms with van der Waals surface area (Å²) in [5.41, 5.74) is 2.28. The molecule has 0 amide bonds. The van der Waals surface area contributed by atoms with Crippen molar-refractivity contribution in [3.8, 4) is 5.75 Å². The summed E-state index contributed by atoms with van der Waals surface area (Å²) in [5.74, 6) is 2.07. The van der Waals surface area contributed by atoms with E-state index in [1.54, 1.807) is 0 Å². The first-order valence-corrected chi connectivity index (χ1v) is 10.7. The Labute approximate surface area is 151 Å². The minimum Gasteiger partial charge on any atom is -0.493 e. The third kappa shape index (κ3) is 6.23. The molecular weight excluding hydrogens is 338 g/mol. The van der Waals surface area contributed by atoms with E-state index in [4.69, 9.17) is 4.74 Å². The normalized spacial score (nSPS) is 19.6. The van der Waals surface area contributed by atoms with Gasteiger partial charge >= 0.3 is 0 Å². The van der Waals surface area contributed by atoms with Gasteiger partial charge in [-0.05, 0) is 38.3 Å². The summed E-state index contributed by atoms with van der Waals surface area (Å²) in [7, 11) is -2.89. The molecule has 1 fully saturated rings. The molecule has 1 unspecified atom stereocenters. The number of para-hydroxylation sites is 1. The van der Waals surface area contributed by atoms with Crippen LogP contribution in [0.5, 0.6) is 5.75 Å². The third-order valence-corrected chi connectivity index (χ3v) is 5.91. The van der Waals surface area contributed by atoms with Gasteiger partial charge in [-0.3, -0.25) is 4.99 Å². The molecule has 7 heteroatoms. The summed E-state index contributed by atoms with van der Waals surface area (Å²) in [4.78, 5) is 4.52. The van der Waals surface area contributed by atoms with E-state index in [1.807, 2.05) is 39.0 Å². The van der Waals surface area contributed by atoms with Gasteiger partial charge in [-0.15, -0.1) is 0 Å². The van der Waals surface area contributed by atoms with Crippen molar-refractivity contribution in [2.45, 2.75) is 39.7 Å². The predicted molar refractivity (Wildman–Crippen MR) is 102 cm³/mol. The highest BCUT2D eigenvalue weighted by atomic mass is 32.2. The van der Waals surface area contributed by atoms with Gasteiger partial charge < -0.3 is 15.4 Å². The first-order chi connectivity index (χ1) is 11.9. The zero-order chi connectivity index (χ0) is 18.3. The highest BCUT2D eigenvalue weighted by molar-refractivity contribution is 7.91. The van der Waals surface area contributed by atoms with Crippen molar-refractivity contribution >= 4 is 15.8 Å². The van der Waals surface area contributed by atoms with Crippen LogP contribution in [0.15, 0.2) is 23.2 Å². The Kier molecular flexibility index (Phi) is 7.11. The molecule has 1 saturated heterocycles. The lowest BCUT2D eigenvalue weighted by molar-refractivity contribution is 0.309. The molecule has 0 aromatic heterocycles. The monoisotopic (exact) mass is 367 g/mol. The van der Waals surface area contributed by atoms with Crippen molar-refractivity contribution in [1.29, 1.82) is 0 Å². The minimum absolute atomic E-state index is 0.0475. The van der Waals surface area contributed by atoms with E-state index in [9.17, 15) is 8.42 Å². The second-order valence-corrected chi connectivity index (χ2v) is 8.66. The van der Waals surface area contributed by atoms with Crippen LogP contribution in [0.1, 0.15) is 30.9 Å². The second kappa shape index (κ2) is 9.08. The van der Waals surface area contributed by atoms with Gasteiger partial charge in [-0.2, -0.15) is 0 Å². The number of rotatable bonds is 7. The molecule has 1 aliphatic heterocycles. The second-order valence-electron chi connectivity index (χ2n) is 6.43. The lowest BCUT2D eigenvalue weighted by Crippen LogP contribution is -2.44. The van der Waals surface area contributed by atoms with Crippen LogP contribution in [0, 0.1) is 13.8 Å². The van der Waals surface area contributed by atoms with Crippen molar-refractivity contribution in [3.05, 3.63) is 29.3 Å². The Hall–Kier alpha value is -1.76. The van der Waals surface area contributed by atoms with Gasteiger partial charge in [0.15, 0.2) is 15.8 Å². The van der Waals surface area contributed by atoms with Crippen LogP contribution in [0.4, 0.5) is 0 Å². The van der Waals surface area contributed by atoms with Crippen LogP contribution in [-0.4, -0.2) is 51.6 Å². The fourth-order valence-electron chi connectivity index (χ4n) is 2.88. The highest BCUT2D eigenvalue weighted by Crippen LogP contribution is 2.22. The minimum atomic E-state index is -2.89. The Morgan fingerprint density at radius 1 is 1.32 bits per heavy atom. The number of guanidine groups is 1. The van der Waals surface area contributed by atoms with Crippen LogP contribution >= 0.6 is 0 Å². The van der Waals surface area contributed by atoms with E-state index in [-0.39, 0.29) is 17.5 Å². The number of aliphatic imine (C=N–C) groups is 1. The molecule has 0 saturated carbocycles. The lowest BCUT2D eigenvalue weighted by atomic mass is 10.1. The van der Waals surface area contributed by atoms with Crippen LogP contribution in [0.25, 0.3) is 0 Å². The van der Waals surface area contributed by atoms with Crippen molar-refractivity contribution in [3.63, 3.8) is 0 Å². The number of nitrogens with zero attached hydrogens (tertiary/aromatic N) is 1. The zero-order valence-electron chi connectivity index (χ0n) is 15.3. The first kappa shape index (κ1) is 19.6. The van der Waals surface area contributed by atoms with Gasteiger partial charge in [-0.25, -0.2) is 8.42 Å². The number of nitrogens with one attached hydrogen (secondary N) is 2. The number of ether oxygens (including phenoxy) is 1. The van der Waals surface area contributed by atoms with E-state index in [1.165, 1.54) is 0 Å². The maximum absolute atomic E-state index is 11.6. The van der Waals surface area contributed by atoms with Crippen molar-refractivity contribution in [2.24, 2.45) is 4.99 Å². The molecule has 1 aromatic carbocycles. The number of sulfone groups is 1. The Balaban J connectivity index is 1.79. The molecule has 6 nitrogen and oxygen atoms in total. The zero-order valence-corrected chi connectivity index (χ0v) is 16.2. The fourth-order valence-corrected chi connectivity index (χ4v) is 4.55. The van der Waals surface area contributed by atoms with Gasteiger partial charge in [0.25, 0.3) is 0 Å². The smallest absolute Gasteiger partial charge is 0.191 e. The molecule has 0 aliphatic carbocycles. The largest absolute Gasteiger partial charge is 0.493 e. The van der Waals surface area contributed by atoms with Crippen molar-refractivity contribution < 1.29 is 13.2 Å². The molecule has 0 bridgehead atoms. The molecule has 25 heavy (non-hydrogen) atoms. The summed E-state index contributed by atoms with van der Waals surface area (Å²) >= 11 is 0. The maximum Gasteiger partial charge on any atom is 0.191 e. The number of hydrogen-bond acceptors (Lipinski definition) is 4. The topological polar surface area (TPSA) is 79.8 Å². The molecule has 140 valence electrons. The van der Waals surface area contributed by atoms with Crippen molar-refractivity contribution in [2.75, 3.05) is 31.2 Å². The van der Waals surface area contributed by atoms with E-state index in [0.717, 1.165) is 29.8 Å². The molecule has 1 aromatic rings.